The highest BCUT2D eigenvalue weighted by atomic mass is 32.2. The molecule has 0 aliphatic rings. The number of imidazole rings is 1. The zero-order chi connectivity index (χ0) is 16.4. The predicted octanol–water partition coefficient (Wildman–Crippen LogP) is 5.12. The van der Waals surface area contributed by atoms with Crippen LogP contribution in [0, 0.1) is 0 Å². The van der Waals surface area contributed by atoms with Crippen molar-refractivity contribution in [2.45, 2.75) is 22.2 Å². The molecule has 0 aliphatic heterocycles. The number of pyridine rings is 2. The van der Waals surface area contributed by atoms with E-state index in [9.17, 15) is 13.2 Å². The van der Waals surface area contributed by atoms with E-state index < -0.39 is 5.51 Å². The summed E-state index contributed by atoms with van der Waals surface area (Å²) in [6.45, 7) is 2.05. The Labute approximate surface area is 139 Å². The van der Waals surface area contributed by atoms with Crippen molar-refractivity contribution in [2.75, 3.05) is 5.75 Å². The number of rotatable bonds is 4. The average Bonchev–Trinajstić information content (AvgIpc) is 2.89. The van der Waals surface area contributed by atoms with Crippen LogP contribution in [-0.2, 0) is 0 Å². The van der Waals surface area contributed by atoms with Crippen LogP contribution in [0.25, 0.3) is 17.0 Å². The molecule has 3 aromatic rings. The lowest BCUT2D eigenvalue weighted by atomic mass is 10.3. The lowest BCUT2D eigenvalue weighted by Crippen LogP contribution is -1.99. The number of nitrogens with zero attached hydrogens (tertiary/aromatic N) is 3. The number of aromatic nitrogens is 3. The standard InChI is InChI=1S/C15H12F3N3S2/c1-2-22-12-4-3-7-19-14(12)11-9-21-8-10(23-15(16,17)18)5-6-13(21)20-11/h3-9H,2H2,1H3. The molecule has 0 fully saturated rings. The molecule has 0 saturated carbocycles. The molecule has 0 aliphatic carbocycles. The molecule has 3 aromatic heterocycles. The van der Waals surface area contributed by atoms with Gasteiger partial charge in [-0.3, -0.25) is 4.98 Å². The highest BCUT2D eigenvalue weighted by molar-refractivity contribution is 8.00. The number of hydrogen-bond donors (Lipinski definition) is 0. The van der Waals surface area contributed by atoms with Gasteiger partial charge in [0.15, 0.2) is 0 Å². The summed E-state index contributed by atoms with van der Waals surface area (Å²) in [5.41, 5.74) is -2.32. The van der Waals surface area contributed by atoms with E-state index in [-0.39, 0.29) is 16.7 Å². The molecule has 3 rings (SSSR count). The van der Waals surface area contributed by atoms with E-state index in [1.807, 2.05) is 19.1 Å². The Balaban J connectivity index is 2.00. The molecule has 0 saturated heterocycles. The Morgan fingerprint density at radius 3 is 2.74 bits per heavy atom. The van der Waals surface area contributed by atoms with Gasteiger partial charge in [0, 0.05) is 28.4 Å². The highest BCUT2D eigenvalue weighted by Gasteiger charge is 2.29. The SMILES string of the molecule is CCSc1cccnc1-c1cn2cc(SC(F)(F)F)ccc2n1. The van der Waals surface area contributed by atoms with Crippen LogP contribution in [0.15, 0.2) is 52.6 Å². The monoisotopic (exact) mass is 355 g/mol. The third kappa shape index (κ3) is 3.81. The first-order chi connectivity index (χ1) is 11.0. The average molecular weight is 355 g/mol. The Morgan fingerprint density at radius 1 is 1.17 bits per heavy atom. The fourth-order valence-corrected chi connectivity index (χ4v) is 3.48. The minimum atomic E-state index is -4.30. The second-order valence-electron chi connectivity index (χ2n) is 4.59. The van der Waals surface area contributed by atoms with Crippen molar-refractivity contribution in [3.63, 3.8) is 0 Å². The summed E-state index contributed by atoms with van der Waals surface area (Å²) in [6, 6.07) is 6.82. The maximum Gasteiger partial charge on any atom is 0.446 e. The summed E-state index contributed by atoms with van der Waals surface area (Å²) in [5.74, 6) is 0.901. The van der Waals surface area contributed by atoms with Crippen LogP contribution in [0.3, 0.4) is 0 Å². The van der Waals surface area contributed by atoms with Crippen LogP contribution < -0.4 is 0 Å². The molecule has 8 heteroatoms. The topological polar surface area (TPSA) is 30.2 Å². The van der Waals surface area contributed by atoms with Crippen molar-refractivity contribution in [2.24, 2.45) is 0 Å². The molecular weight excluding hydrogens is 343 g/mol. The fraction of sp³-hybridized carbons (Fsp3) is 0.200. The van der Waals surface area contributed by atoms with Gasteiger partial charge in [-0.25, -0.2) is 4.98 Å². The lowest BCUT2D eigenvalue weighted by molar-refractivity contribution is -0.0328. The zero-order valence-electron chi connectivity index (χ0n) is 12.0. The quantitative estimate of drug-likeness (QED) is 0.608. The van der Waals surface area contributed by atoms with E-state index in [0.29, 0.717) is 11.3 Å². The van der Waals surface area contributed by atoms with Crippen LogP contribution in [0.1, 0.15) is 6.92 Å². The smallest absolute Gasteiger partial charge is 0.305 e. The van der Waals surface area contributed by atoms with Gasteiger partial charge >= 0.3 is 5.51 Å². The van der Waals surface area contributed by atoms with Crippen molar-refractivity contribution in [3.8, 4) is 11.4 Å². The molecule has 0 spiro atoms. The maximum atomic E-state index is 12.5. The van der Waals surface area contributed by atoms with Gasteiger partial charge in [0.2, 0.25) is 0 Å². The van der Waals surface area contributed by atoms with Gasteiger partial charge in [-0.1, -0.05) is 6.92 Å². The second kappa shape index (κ2) is 6.45. The molecule has 0 bridgehead atoms. The van der Waals surface area contributed by atoms with E-state index >= 15 is 0 Å². The van der Waals surface area contributed by atoms with Crippen molar-refractivity contribution in [1.29, 1.82) is 0 Å². The number of halogens is 3. The number of hydrogen-bond acceptors (Lipinski definition) is 4. The summed E-state index contributed by atoms with van der Waals surface area (Å²) in [7, 11) is 0. The summed E-state index contributed by atoms with van der Waals surface area (Å²) < 4.78 is 39.0. The highest BCUT2D eigenvalue weighted by Crippen LogP contribution is 2.37. The van der Waals surface area contributed by atoms with Crippen molar-refractivity contribution < 1.29 is 13.2 Å². The molecule has 0 N–H and O–H groups in total. The summed E-state index contributed by atoms with van der Waals surface area (Å²) in [6.07, 6.45) is 4.82. The Bertz CT molecular complexity index is 830. The molecule has 0 radical (unpaired) electrons. The Kier molecular flexibility index (Phi) is 4.54. The van der Waals surface area contributed by atoms with Gasteiger partial charge in [-0.05, 0) is 41.8 Å². The zero-order valence-corrected chi connectivity index (χ0v) is 13.7. The predicted molar refractivity (Wildman–Crippen MR) is 86.7 cm³/mol. The first kappa shape index (κ1) is 16.2. The first-order valence-corrected chi connectivity index (χ1v) is 8.59. The van der Waals surface area contributed by atoms with Gasteiger partial charge in [0.25, 0.3) is 0 Å². The van der Waals surface area contributed by atoms with Gasteiger partial charge in [0.05, 0.1) is 0 Å². The van der Waals surface area contributed by atoms with Crippen LogP contribution in [-0.4, -0.2) is 25.6 Å². The maximum absolute atomic E-state index is 12.5. The van der Waals surface area contributed by atoms with Crippen molar-refractivity contribution >= 4 is 29.2 Å². The molecule has 23 heavy (non-hydrogen) atoms. The molecular formula is C15H12F3N3S2. The van der Waals surface area contributed by atoms with E-state index in [0.717, 1.165) is 16.3 Å². The van der Waals surface area contributed by atoms with Crippen LogP contribution >= 0.6 is 23.5 Å². The number of fused-ring (bicyclic) bond motifs is 1. The minimum Gasteiger partial charge on any atom is -0.305 e. The van der Waals surface area contributed by atoms with Crippen LogP contribution in [0.4, 0.5) is 13.2 Å². The van der Waals surface area contributed by atoms with Gasteiger partial charge < -0.3 is 4.40 Å². The van der Waals surface area contributed by atoms with Crippen molar-refractivity contribution in [3.05, 3.63) is 42.9 Å². The summed E-state index contributed by atoms with van der Waals surface area (Å²) in [4.78, 5) is 9.95. The first-order valence-electron chi connectivity index (χ1n) is 6.79. The molecule has 120 valence electrons. The molecule has 0 unspecified atom stereocenters. The molecule has 3 nitrogen and oxygen atoms in total. The van der Waals surface area contributed by atoms with Crippen molar-refractivity contribution in [1.82, 2.24) is 14.4 Å². The number of alkyl halides is 3. The molecule has 0 amide bonds. The molecule has 3 heterocycles. The third-order valence-electron chi connectivity index (χ3n) is 2.97. The van der Waals surface area contributed by atoms with E-state index in [1.165, 1.54) is 12.3 Å². The Morgan fingerprint density at radius 2 is 2.00 bits per heavy atom. The minimum absolute atomic E-state index is 0.123. The summed E-state index contributed by atoms with van der Waals surface area (Å²) >= 11 is 1.52. The third-order valence-corrected chi connectivity index (χ3v) is 4.61. The van der Waals surface area contributed by atoms with Crippen LogP contribution in [0.2, 0.25) is 0 Å². The Hall–Kier alpha value is -1.67. The number of thioether (sulfide) groups is 2. The van der Waals surface area contributed by atoms with Crippen LogP contribution in [0.5, 0.6) is 0 Å². The normalized spacial score (nSPS) is 12.0. The molecule has 0 atom stereocenters. The van der Waals surface area contributed by atoms with Gasteiger partial charge in [0.1, 0.15) is 17.0 Å². The summed E-state index contributed by atoms with van der Waals surface area (Å²) in [5, 5.41) is 0. The van der Waals surface area contributed by atoms with E-state index in [2.05, 4.69) is 9.97 Å². The van der Waals surface area contributed by atoms with E-state index in [4.69, 9.17) is 0 Å². The largest absolute Gasteiger partial charge is 0.446 e. The van der Waals surface area contributed by atoms with Gasteiger partial charge in [-0.2, -0.15) is 13.2 Å². The fourth-order valence-electron chi connectivity index (χ4n) is 2.13. The van der Waals surface area contributed by atoms with E-state index in [1.54, 1.807) is 34.6 Å². The lowest BCUT2D eigenvalue weighted by Gasteiger charge is -2.05. The van der Waals surface area contributed by atoms with Gasteiger partial charge in [-0.15, -0.1) is 11.8 Å². The molecule has 0 aromatic carbocycles. The second-order valence-corrected chi connectivity index (χ2v) is 7.03.